The molecule has 0 atom stereocenters. The molecule has 0 aliphatic rings. The predicted molar refractivity (Wildman–Crippen MR) is 53.6 cm³/mol. The van der Waals surface area contributed by atoms with E-state index >= 15 is 0 Å². The molecular weight excluding hydrogens is 164 g/mol. The Morgan fingerprint density at radius 3 is 2.77 bits per heavy atom. The molecule has 1 heterocycles. The Balaban J connectivity index is 2.33. The maximum atomic E-state index is 5.22. The Hall–Kier alpha value is -0.800. The van der Waals surface area contributed by atoms with Gasteiger partial charge < -0.3 is 15.1 Å². The van der Waals surface area contributed by atoms with Crippen LogP contribution in [0, 0.1) is 0 Å². The van der Waals surface area contributed by atoms with E-state index in [9.17, 15) is 0 Å². The van der Waals surface area contributed by atoms with Crippen molar-refractivity contribution in [1.82, 2.24) is 10.6 Å². The van der Waals surface area contributed by atoms with Gasteiger partial charge in [0.05, 0.1) is 12.8 Å². The predicted octanol–water partition coefficient (Wildman–Crippen LogP) is 1.37. The third-order valence-electron chi connectivity index (χ3n) is 1.94. The molecule has 0 bridgehead atoms. The lowest BCUT2D eigenvalue weighted by Gasteiger charge is -2.25. The van der Waals surface area contributed by atoms with E-state index in [-0.39, 0.29) is 5.54 Å². The molecule has 3 nitrogen and oxygen atoms in total. The molecule has 0 aliphatic heterocycles. The first-order chi connectivity index (χ1) is 6.14. The number of hydrogen-bond donors (Lipinski definition) is 2. The zero-order chi connectivity index (χ0) is 9.73. The molecule has 13 heavy (non-hydrogen) atoms. The summed E-state index contributed by atoms with van der Waals surface area (Å²) in [5.74, 6) is 0.976. The summed E-state index contributed by atoms with van der Waals surface area (Å²) in [6.45, 7) is 6.04. The van der Waals surface area contributed by atoms with Crippen LogP contribution in [0.2, 0.25) is 0 Å². The average Bonchev–Trinajstić information content (AvgIpc) is 2.52. The highest BCUT2D eigenvalue weighted by atomic mass is 16.3. The van der Waals surface area contributed by atoms with Gasteiger partial charge in [-0.15, -0.1) is 0 Å². The molecule has 0 unspecified atom stereocenters. The SMILES string of the molecule is CNCC(C)(C)NCc1ccco1. The molecule has 0 saturated carbocycles. The first-order valence-corrected chi connectivity index (χ1v) is 4.56. The van der Waals surface area contributed by atoms with Gasteiger partial charge in [0, 0.05) is 12.1 Å². The van der Waals surface area contributed by atoms with Gasteiger partial charge in [0.15, 0.2) is 0 Å². The van der Waals surface area contributed by atoms with Crippen molar-refractivity contribution in [1.29, 1.82) is 0 Å². The maximum Gasteiger partial charge on any atom is 0.117 e. The van der Waals surface area contributed by atoms with Gasteiger partial charge in [-0.1, -0.05) is 0 Å². The van der Waals surface area contributed by atoms with Crippen LogP contribution in [0.5, 0.6) is 0 Å². The zero-order valence-electron chi connectivity index (χ0n) is 8.55. The summed E-state index contributed by atoms with van der Waals surface area (Å²) in [5.41, 5.74) is 0.0988. The first kappa shape index (κ1) is 10.3. The van der Waals surface area contributed by atoms with E-state index in [2.05, 4.69) is 24.5 Å². The van der Waals surface area contributed by atoms with Crippen LogP contribution in [0.15, 0.2) is 22.8 Å². The molecule has 0 spiro atoms. The first-order valence-electron chi connectivity index (χ1n) is 4.56. The summed E-state index contributed by atoms with van der Waals surface area (Å²) < 4.78 is 5.22. The lowest BCUT2D eigenvalue weighted by atomic mass is 10.1. The van der Waals surface area contributed by atoms with Gasteiger partial charge in [-0.25, -0.2) is 0 Å². The van der Waals surface area contributed by atoms with E-state index in [1.165, 1.54) is 0 Å². The van der Waals surface area contributed by atoms with Crippen molar-refractivity contribution in [3.8, 4) is 0 Å². The van der Waals surface area contributed by atoms with E-state index < -0.39 is 0 Å². The standard InChI is InChI=1S/C10H18N2O/c1-10(2,8-11-3)12-7-9-5-4-6-13-9/h4-6,11-12H,7-8H2,1-3H3. The van der Waals surface area contributed by atoms with Gasteiger partial charge in [0.2, 0.25) is 0 Å². The Kier molecular flexibility index (Phi) is 3.51. The Bertz CT molecular complexity index is 229. The smallest absolute Gasteiger partial charge is 0.117 e. The van der Waals surface area contributed by atoms with Crippen molar-refractivity contribution >= 4 is 0 Å². The topological polar surface area (TPSA) is 37.2 Å². The van der Waals surface area contributed by atoms with Gasteiger partial charge in [0.25, 0.3) is 0 Å². The number of likely N-dealkylation sites (N-methyl/N-ethyl adjacent to an activating group) is 1. The van der Waals surface area contributed by atoms with Crippen LogP contribution in [0.25, 0.3) is 0 Å². The monoisotopic (exact) mass is 182 g/mol. The maximum absolute atomic E-state index is 5.22. The Labute approximate surface area is 79.5 Å². The second kappa shape index (κ2) is 4.44. The lowest BCUT2D eigenvalue weighted by molar-refractivity contribution is 0.352. The summed E-state index contributed by atoms with van der Waals surface area (Å²) in [6.07, 6.45) is 1.70. The normalized spacial score (nSPS) is 11.9. The zero-order valence-corrected chi connectivity index (χ0v) is 8.55. The Morgan fingerprint density at radius 2 is 2.23 bits per heavy atom. The van der Waals surface area contributed by atoms with Gasteiger partial charge in [-0.2, -0.15) is 0 Å². The minimum Gasteiger partial charge on any atom is -0.468 e. The van der Waals surface area contributed by atoms with E-state index in [4.69, 9.17) is 4.42 Å². The number of rotatable bonds is 5. The molecule has 1 aromatic rings. The van der Waals surface area contributed by atoms with Crippen LogP contribution in [-0.2, 0) is 6.54 Å². The van der Waals surface area contributed by atoms with Crippen molar-refractivity contribution in [2.75, 3.05) is 13.6 Å². The van der Waals surface area contributed by atoms with Crippen LogP contribution >= 0.6 is 0 Å². The van der Waals surface area contributed by atoms with Crippen LogP contribution in [0.1, 0.15) is 19.6 Å². The van der Waals surface area contributed by atoms with Crippen LogP contribution in [-0.4, -0.2) is 19.1 Å². The second-order valence-electron chi connectivity index (χ2n) is 3.85. The number of hydrogen-bond acceptors (Lipinski definition) is 3. The largest absolute Gasteiger partial charge is 0.468 e. The van der Waals surface area contributed by atoms with Crippen LogP contribution in [0.3, 0.4) is 0 Å². The molecule has 0 aliphatic carbocycles. The summed E-state index contributed by atoms with van der Waals surface area (Å²) in [6, 6.07) is 3.88. The molecule has 0 amide bonds. The average molecular weight is 182 g/mol. The fourth-order valence-electron chi connectivity index (χ4n) is 1.24. The fourth-order valence-corrected chi connectivity index (χ4v) is 1.24. The molecule has 2 N–H and O–H groups in total. The summed E-state index contributed by atoms with van der Waals surface area (Å²) in [4.78, 5) is 0. The van der Waals surface area contributed by atoms with Crippen molar-refractivity contribution in [3.05, 3.63) is 24.2 Å². The molecule has 1 rings (SSSR count). The van der Waals surface area contributed by atoms with Crippen molar-refractivity contribution < 1.29 is 4.42 Å². The van der Waals surface area contributed by atoms with Gasteiger partial charge >= 0.3 is 0 Å². The highest BCUT2D eigenvalue weighted by Gasteiger charge is 2.15. The summed E-state index contributed by atoms with van der Waals surface area (Å²) in [7, 11) is 1.95. The fraction of sp³-hybridized carbons (Fsp3) is 0.600. The van der Waals surface area contributed by atoms with Crippen molar-refractivity contribution in [3.63, 3.8) is 0 Å². The summed E-state index contributed by atoms with van der Waals surface area (Å²) >= 11 is 0. The quantitative estimate of drug-likeness (QED) is 0.722. The molecular formula is C10H18N2O. The minimum absolute atomic E-state index is 0.0988. The van der Waals surface area contributed by atoms with Gasteiger partial charge in [-0.3, -0.25) is 0 Å². The highest BCUT2D eigenvalue weighted by molar-refractivity contribution is 4.98. The number of furan rings is 1. The van der Waals surface area contributed by atoms with E-state index in [1.54, 1.807) is 6.26 Å². The third-order valence-corrected chi connectivity index (χ3v) is 1.94. The molecule has 3 heteroatoms. The third kappa shape index (κ3) is 3.61. The molecule has 0 radical (unpaired) electrons. The highest BCUT2D eigenvalue weighted by Crippen LogP contribution is 2.04. The van der Waals surface area contributed by atoms with Gasteiger partial charge in [-0.05, 0) is 33.0 Å². The molecule has 0 fully saturated rings. The van der Waals surface area contributed by atoms with E-state index in [1.807, 2.05) is 19.2 Å². The van der Waals surface area contributed by atoms with Crippen molar-refractivity contribution in [2.24, 2.45) is 0 Å². The van der Waals surface area contributed by atoms with Crippen molar-refractivity contribution in [2.45, 2.75) is 25.9 Å². The molecule has 0 aromatic carbocycles. The van der Waals surface area contributed by atoms with Crippen LogP contribution < -0.4 is 10.6 Å². The minimum atomic E-state index is 0.0988. The lowest BCUT2D eigenvalue weighted by Crippen LogP contribution is -2.46. The summed E-state index contributed by atoms with van der Waals surface area (Å²) in [5, 5.41) is 6.55. The molecule has 1 aromatic heterocycles. The number of nitrogens with one attached hydrogen (secondary N) is 2. The second-order valence-corrected chi connectivity index (χ2v) is 3.85. The van der Waals surface area contributed by atoms with E-state index in [0.717, 1.165) is 18.8 Å². The molecule has 0 saturated heterocycles. The van der Waals surface area contributed by atoms with Gasteiger partial charge in [0.1, 0.15) is 5.76 Å². The molecule has 74 valence electrons. The Morgan fingerprint density at radius 1 is 1.46 bits per heavy atom. The van der Waals surface area contributed by atoms with Crippen LogP contribution in [0.4, 0.5) is 0 Å². The van der Waals surface area contributed by atoms with E-state index in [0.29, 0.717) is 0 Å².